The van der Waals surface area contributed by atoms with E-state index in [1.54, 1.807) is 13.8 Å². The van der Waals surface area contributed by atoms with Gasteiger partial charge < -0.3 is 4.74 Å². The Kier molecular flexibility index (Phi) is 6.79. The van der Waals surface area contributed by atoms with Gasteiger partial charge in [-0.2, -0.15) is 0 Å². The minimum Gasteiger partial charge on any atom is -0.444 e. The number of hydrogen-bond acceptors (Lipinski definition) is 2. The number of amides is 1. The van der Waals surface area contributed by atoms with E-state index >= 15 is 0 Å². The molecule has 20 heavy (non-hydrogen) atoms. The molecule has 0 spiro atoms. The van der Waals surface area contributed by atoms with Gasteiger partial charge in [0.15, 0.2) is 0 Å². The van der Waals surface area contributed by atoms with E-state index in [4.69, 9.17) is 4.74 Å². The summed E-state index contributed by atoms with van der Waals surface area (Å²) in [6.45, 7) is 5.92. The van der Waals surface area contributed by atoms with Crippen LogP contribution in [0, 0.1) is 23.7 Å². The fourth-order valence-electron chi connectivity index (χ4n) is 1.61. The second kappa shape index (κ2) is 8.67. The Morgan fingerprint density at radius 2 is 1.95 bits per heavy atom. The molecule has 1 aromatic carbocycles. The summed E-state index contributed by atoms with van der Waals surface area (Å²) in [5, 5.41) is 0. The van der Waals surface area contributed by atoms with Gasteiger partial charge in [-0.05, 0) is 26.3 Å². The van der Waals surface area contributed by atoms with Crippen molar-refractivity contribution in [3.63, 3.8) is 0 Å². The quantitative estimate of drug-likeness (QED) is 0.786. The highest BCUT2D eigenvalue weighted by Crippen LogP contribution is 2.06. The number of carbonyl (C=O) groups is 1. The van der Waals surface area contributed by atoms with Crippen LogP contribution in [0.15, 0.2) is 30.3 Å². The maximum Gasteiger partial charge on any atom is 0.411 e. The molecule has 0 radical (unpaired) electrons. The third-order valence-corrected chi connectivity index (χ3v) is 2.69. The molecule has 0 bridgehead atoms. The van der Waals surface area contributed by atoms with Gasteiger partial charge in [-0.15, -0.1) is 11.8 Å². The van der Waals surface area contributed by atoms with Crippen LogP contribution >= 0.6 is 0 Å². The number of hydrogen-bond donors (Lipinski definition) is 0. The lowest BCUT2D eigenvalue weighted by atomic mass is 10.2. The Hall–Kier alpha value is -2.39. The van der Waals surface area contributed by atoms with Crippen molar-refractivity contribution in [3.8, 4) is 23.7 Å². The van der Waals surface area contributed by atoms with E-state index in [0.29, 0.717) is 6.54 Å². The summed E-state index contributed by atoms with van der Waals surface area (Å²) in [6, 6.07) is 9.36. The van der Waals surface area contributed by atoms with Crippen molar-refractivity contribution in [1.82, 2.24) is 4.90 Å². The van der Waals surface area contributed by atoms with E-state index < -0.39 is 6.09 Å². The second-order valence-corrected chi connectivity index (χ2v) is 4.17. The fraction of sp³-hybridized carbons (Fsp3) is 0.353. The van der Waals surface area contributed by atoms with Crippen molar-refractivity contribution in [1.29, 1.82) is 0 Å². The summed E-state index contributed by atoms with van der Waals surface area (Å²) in [5.41, 5.74) is 0.955. The van der Waals surface area contributed by atoms with Crippen LogP contribution in [-0.2, 0) is 11.3 Å². The summed E-state index contributed by atoms with van der Waals surface area (Å²) in [5.74, 6) is 11.4. The minimum atomic E-state index is -0.396. The van der Waals surface area contributed by atoms with Gasteiger partial charge in [0, 0.05) is 0 Å². The summed E-state index contributed by atoms with van der Waals surface area (Å²) in [4.78, 5) is 13.6. The van der Waals surface area contributed by atoms with Gasteiger partial charge in [0.05, 0.1) is 12.6 Å². The number of ether oxygens (including phenoxy) is 1. The zero-order valence-electron chi connectivity index (χ0n) is 12.1. The maximum atomic E-state index is 12.1. The molecule has 1 aromatic rings. The van der Waals surface area contributed by atoms with Crippen LogP contribution < -0.4 is 0 Å². The van der Waals surface area contributed by atoms with Crippen molar-refractivity contribution in [2.75, 3.05) is 6.54 Å². The summed E-state index contributed by atoms with van der Waals surface area (Å²) in [6.07, 6.45) is -0.396. The SMILES string of the molecule is CC#CCN(C(=O)OCc1ccccc1)[C@H](C)C#CC. The number of carbonyl (C=O) groups excluding carboxylic acids is 1. The lowest BCUT2D eigenvalue weighted by Crippen LogP contribution is -2.38. The lowest BCUT2D eigenvalue weighted by molar-refractivity contribution is 0.0958. The minimum absolute atomic E-state index is 0.218. The molecular formula is C17H19NO2. The van der Waals surface area contributed by atoms with E-state index in [2.05, 4.69) is 23.7 Å². The molecule has 0 aliphatic rings. The Balaban J connectivity index is 2.66. The largest absolute Gasteiger partial charge is 0.444 e. The third kappa shape index (κ3) is 5.08. The molecule has 0 aliphatic heterocycles. The van der Waals surface area contributed by atoms with E-state index in [1.807, 2.05) is 37.3 Å². The molecule has 0 saturated heterocycles. The highest BCUT2D eigenvalue weighted by atomic mass is 16.6. The predicted octanol–water partition coefficient (Wildman–Crippen LogP) is 3.06. The van der Waals surface area contributed by atoms with Crippen molar-refractivity contribution >= 4 is 6.09 Å². The lowest BCUT2D eigenvalue weighted by Gasteiger charge is -2.23. The monoisotopic (exact) mass is 269 g/mol. The van der Waals surface area contributed by atoms with Crippen molar-refractivity contribution in [2.45, 2.75) is 33.4 Å². The van der Waals surface area contributed by atoms with Crippen LogP contribution in [-0.4, -0.2) is 23.6 Å². The number of nitrogens with zero attached hydrogens (tertiary/aromatic N) is 1. The van der Waals surface area contributed by atoms with E-state index in [9.17, 15) is 4.79 Å². The van der Waals surface area contributed by atoms with Crippen LogP contribution in [0.25, 0.3) is 0 Å². The molecule has 0 N–H and O–H groups in total. The van der Waals surface area contributed by atoms with Crippen LogP contribution in [0.4, 0.5) is 4.79 Å². The zero-order valence-corrected chi connectivity index (χ0v) is 12.1. The molecule has 0 saturated carbocycles. The van der Waals surface area contributed by atoms with Gasteiger partial charge in [-0.1, -0.05) is 42.2 Å². The smallest absolute Gasteiger partial charge is 0.411 e. The van der Waals surface area contributed by atoms with Crippen molar-refractivity contribution < 1.29 is 9.53 Å². The molecular weight excluding hydrogens is 250 g/mol. The maximum absolute atomic E-state index is 12.1. The van der Waals surface area contributed by atoms with Gasteiger partial charge >= 0.3 is 6.09 Å². The summed E-state index contributed by atoms with van der Waals surface area (Å²) in [7, 11) is 0. The summed E-state index contributed by atoms with van der Waals surface area (Å²) < 4.78 is 5.31. The Morgan fingerprint density at radius 3 is 2.55 bits per heavy atom. The molecule has 0 fully saturated rings. The Labute approximate surface area is 120 Å². The van der Waals surface area contributed by atoms with Crippen LogP contribution in [0.5, 0.6) is 0 Å². The molecule has 0 unspecified atom stereocenters. The predicted molar refractivity (Wildman–Crippen MR) is 79.7 cm³/mol. The van der Waals surface area contributed by atoms with Crippen LogP contribution in [0.2, 0.25) is 0 Å². The average molecular weight is 269 g/mol. The first-order chi connectivity index (χ1) is 9.69. The molecule has 3 heteroatoms. The molecule has 1 rings (SSSR count). The highest BCUT2D eigenvalue weighted by Gasteiger charge is 2.19. The second-order valence-electron chi connectivity index (χ2n) is 4.17. The Morgan fingerprint density at radius 1 is 1.25 bits per heavy atom. The van der Waals surface area contributed by atoms with Crippen LogP contribution in [0.3, 0.4) is 0 Å². The van der Waals surface area contributed by atoms with Crippen molar-refractivity contribution in [3.05, 3.63) is 35.9 Å². The fourth-order valence-corrected chi connectivity index (χ4v) is 1.61. The molecule has 0 aliphatic carbocycles. The first-order valence-corrected chi connectivity index (χ1v) is 6.48. The van der Waals surface area contributed by atoms with Crippen LogP contribution in [0.1, 0.15) is 26.3 Å². The van der Waals surface area contributed by atoms with Gasteiger partial charge in [-0.3, -0.25) is 4.90 Å². The molecule has 0 heterocycles. The molecule has 104 valence electrons. The molecule has 1 atom stereocenters. The Bertz CT molecular complexity index is 543. The van der Waals surface area contributed by atoms with Gasteiger partial charge in [-0.25, -0.2) is 4.79 Å². The standard InChI is InChI=1S/C17H19NO2/c1-4-6-13-18(15(3)10-5-2)17(19)20-14-16-11-8-7-9-12-16/h7-9,11-12,15H,13-14H2,1-3H3/t15-/m1/s1. The van der Waals surface area contributed by atoms with Gasteiger partial charge in [0.2, 0.25) is 0 Å². The van der Waals surface area contributed by atoms with Crippen molar-refractivity contribution in [2.24, 2.45) is 0 Å². The molecule has 1 amide bonds. The normalized spacial score (nSPS) is 10.3. The zero-order chi connectivity index (χ0) is 14.8. The average Bonchev–Trinajstić information content (AvgIpc) is 2.47. The number of benzene rings is 1. The first-order valence-electron chi connectivity index (χ1n) is 6.48. The van der Waals surface area contributed by atoms with Gasteiger partial charge in [0.25, 0.3) is 0 Å². The van der Waals surface area contributed by atoms with E-state index in [-0.39, 0.29) is 12.6 Å². The van der Waals surface area contributed by atoms with E-state index in [0.717, 1.165) is 5.56 Å². The first kappa shape index (κ1) is 15.7. The third-order valence-electron chi connectivity index (χ3n) is 2.69. The summed E-state index contributed by atoms with van der Waals surface area (Å²) >= 11 is 0. The number of rotatable bonds is 4. The topological polar surface area (TPSA) is 29.5 Å². The van der Waals surface area contributed by atoms with E-state index in [1.165, 1.54) is 4.90 Å². The highest BCUT2D eigenvalue weighted by molar-refractivity contribution is 5.69. The van der Waals surface area contributed by atoms with Gasteiger partial charge in [0.1, 0.15) is 6.61 Å². The molecule has 3 nitrogen and oxygen atoms in total. The molecule has 0 aromatic heterocycles.